The lowest BCUT2D eigenvalue weighted by molar-refractivity contribution is -0.118. The summed E-state index contributed by atoms with van der Waals surface area (Å²) in [6, 6.07) is 15.9. The number of fused-ring (bicyclic) bond motifs is 1. The fourth-order valence-electron chi connectivity index (χ4n) is 3.25. The lowest BCUT2D eigenvalue weighted by Gasteiger charge is -2.29. The quantitative estimate of drug-likeness (QED) is 0.899. The summed E-state index contributed by atoms with van der Waals surface area (Å²) in [5.74, 6) is 0.168. The third-order valence-corrected chi connectivity index (χ3v) is 4.57. The summed E-state index contributed by atoms with van der Waals surface area (Å²) < 4.78 is 0. The van der Waals surface area contributed by atoms with E-state index in [4.69, 9.17) is 0 Å². The first kappa shape index (κ1) is 17.2. The van der Waals surface area contributed by atoms with E-state index in [2.05, 4.69) is 5.32 Å². The second-order valence-corrected chi connectivity index (χ2v) is 6.38. The molecule has 4 heteroatoms. The molecule has 0 radical (unpaired) electrons. The standard InChI is InChI=1S/C21H24N2O2/c1-2-21(25)23-14-6-9-17-15-18(11-12-19(17)23)22-20(24)13-10-16-7-4-3-5-8-16/h3-5,7-8,11-12,15H,2,6,9-10,13-14H2,1H3,(H,22,24). The molecule has 1 aliphatic rings. The lowest BCUT2D eigenvalue weighted by Crippen LogP contribution is -2.34. The molecule has 0 unspecified atom stereocenters. The molecule has 1 N–H and O–H groups in total. The summed E-state index contributed by atoms with van der Waals surface area (Å²) in [4.78, 5) is 26.1. The molecular formula is C21H24N2O2. The highest BCUT2D eigenvalue weighted by atomic mass is 16.2. The number of aryl methyl sites for hydroxylation is 2. The average molecular weight is 336 g/mol. The molecule has 0 bridgehead atoms. The van der Waals surface area contributed by atoms with E-state index in [0.29, 0.717) is 12.8 Å². The number of nitrogens with zero attached hydrogens (tertiary/aromatic N) is 1. The Morgan fingerprint density at radius 1 is 1.12 bits per heavy atom. The molecule has 2 amide bonds. The Labute approximate surface area is 148 Å². The van der Waals surface area contributed by atoms with Crippen molar-refractivity contribution in [2.45, 2.75) is 39.0 Å². The van der Waals surface area contributed by atoms with Crippen LogP contribution in [0.15, 0.2) is 48.5 Å². The van der Waals surface area contributed by atoms with E-state index >= 15 is 0 Å². The molecule has 130 valence electrons. The topological polar surface area (TPSA) is 49.4 Å². The Balaban J connectivity index is 1.64. The van der Waals surface area contributed by atoms with E-state index in [1.165, 1.54) is 0 Å². The Morgan fingerprint density at radius 2 is 1.92 bits per heavy atom. The number of hydrogen-bond acceptors (Lipinski definition) is 2. The predicted molar refractivity (Wildman–Crippen MR) is 101 cm³/mol. The van der Waals surface area contributed by atoms with Gasteiger partial charge in [0.25, 0.3) is 0 Å². The highest BCUT2D eigenvalue weighted by molar-refractivity contribution is 5.95. The van der Waals surface area contributed by atoms with Gasteiger partial charge in [0, 0.05) is 30.8 Å². The fraction of sp³-hybridized carbons (Fsp3) is 0.333. The molecule has 0 spiro atoms. The summed E-state index contributed by atoms with van der Waals surface area (Å²) >= 11 is 0. The predicted octanol–water partition coefficient (Wildman–Crippen LogP) is 3.95. The minimum Gasteiger partial charge on any atom is -0.326 e. The third-order valence-electron chi connectivity index (χ3n) is 4.57. The number of rotatable bonds is 5. The van der Waals surface area contributed by atoms with Crippen molar-refractivity contribution >= 4 is 23.2 Å². The van der Waals surface area contributed by atoms with Gasteiger partial charge in [0.1, 0.15) is 0 Å². The van der Waals surface area contributed by atoms with Gasteiger partial charge in [-0.05, 0) is 48.6 Å². The van der Waals surface area contributed by atoms with Crippen molar-refractivity contribution in [2.24, 2.45) is 0 Å². The zero-order valence-electron chi connectivity index (χ0n) is 14.6. The van der Waals surface area contributed by atoms with Gasteiger partial charge >= 0.3 is 0 Å². The van der Waals surface area contributed by atoms with Crippen molar-refractivity contribution in [1.82, 2.24) is 0 Å². The van der Waals surface area contributed by atoms with Crippen LogP contribution in [0.1, 0.15) is 37.3 Å². The molecule has 0 aromatic heterocycles. The first-order valence-electron chi connectivity index (χ1n) is 8.94. The molecule has 1 aliphatic heterocycles. The monoisotopic (exact) mass is 336 g/mol. The Morgan fingerprint density at radius 3 is 2.68 bits per heavy atom. The third kappa shape index (κ3) is 4.27. The van der Waals surface area contributed by atoms with E-state index < -0.39 is 0 Å². The molecule has 4 nitrogen and oxygen atoms in total. The van der Waals surface area contributed by atoms with Crippen LogP contribution in [0.25, 0.3) is 0 Å². The molecule has 2 aromatic rings. The number of carbonyl (C=O) groups is 2. The summed E-state index contributed by atoms with van der Waals surface area (Å²) in [6.07, 6.45) is 3.61. The molecule has 0 fully saturated rings. The first-order valence-corrected chi connectivity index (χ1v) is 8.94. The summed E-state index contributed by atoms with van der Waals surface area (Å²) in [5.41, 5.74) is 4.09. The van der Waals surface area contributed by atoms with Gasteiger partial charge in [-0.2, -0.15) is 0 Å². The normalized spacial score (nSPS) is 13.2. The highest BCUT2D eigenvalue weighted by Gasteiger charge is 2.21. The molecule has 3 rings (SSSR count). The van der Waals surface area contributed by atoms with Gasteiger partial charge in [-0.25, -0.2) is 0 Å². The Hall–Kier alpha value is -2.62. The second-order valence-electron chi connectivity index (χ2n) is 6.38. The number of nitrogens with one attached hydrogen (secondary N) is 1. The van der Waals surface area contributed by atoms with Crippen molar-refractivity contribution < 1.29 is 9.59 Å². The number of benzene rings is 2. The molecule has 25 heavy (non-hydrogen) atoms. The molecule has 0 saturated heterocycles. The molecular weight excluding hydrogens is 312 g/mol. The zero-order valence-corrected chi connectivity index (χ0v) is 14.6. The van der Waals surface area contributed by atoms with Gasteiger partial charge in [0.2, 0.25) is 11.8 Å². The van der Waals surface area contributed by atoms with Gasteiger partial charge < -0.3 is 10.2 Å². The summed E-state index contributed by atoms with van der Waals surface area (Å²) in [5, 5.41) is 2.98. The Bertz CT molecular complexity index is 756. The Kier molecular flexibility index (Phi) is 5.49. The van der Waals surface area contributed by atoms with Crippen LogP contribution in [0.2, 0.25) is 0 Å². The van der Waals surface area contributed by atoms with Crippen LogP contribution in [-0.2, 0) is 22.4 Å². The number of carbonyl (C=O) groups excluding carboxylic acids is 2. The largest absolute Gasteiger partial charge is 0.326 e. The van der Waals surface area contributed by atoms with Crippen LogP contribution in [0.5, 0.6) is 0 Å². The van der Waals surface area contributed by atoms with Crippen molar-refractivity contribution in [1.29, 1.82) is 0 Å². The van der Waals surface area contributed by atoms with Crippen LogP contribution >= 0.6 is 0 Å². The van der Waals surface area contributed by atoms with Gasteiger partial charge in [0.05, 0.1) is 0 Å². The van der Waals surface area contributed by atoms with Crippen molar-refractivity contribution in [2.75, 3.05) is 16.8 Å². The van der Waals surface area contributed by atoms with Crippen LogP contribution in [0, 0.1) is 0 Å². The second kappa shape index (κ2) is 7.97. The number of anilines is 2. The molecule has 0 saturated carbocycles. The van der Waals surface area contributed by atoms with Gasteiger partial charge in [-0.1, -0.05) is 37.3 Å². The van der Waals surface area contributed by atoms with Gasteiger partial charge in [-0.15, -0.1) is 0 Å². The fourth-order valence-corrected chi connectivity index (χ4v) is 3.25. The maximum Gasteiger partial charge on any atom is 0.226 e. The van der Waals surface area contributed by atoms with Crippen molar-refractivity contribution in [3.05, 3.63) is 59.7 Å². The molecule has 1 heterocycles. The van der Waals surface area contributed by atoms with Crippen molar-refractivity contribution in [3.63, 3.8) is 0 Å². The lowest BCUT2D eigenvalue weighted by atomic mass is 10.0. The number of amides is 2. The van der Waals surface area contributed by atoms with E-state index in [1.807, 2.05) is 60.4 Å². The summed E-state index contributed by atoms with van der Waals surface area (Å²) in [7, 11) is 0. The zero-order chi connectivity index (χ0) is 17.6. The maximum absolute atomic E-state index is 12.2. The maximum atomic E-state index is 12.2. The van der Waals surface area contributed by atoms with Crippen molar-refractivity contribution in [3.8, 4) is 0 Å². The molecule has 0 aliphatic carbocycles. The average Bonchev–Trinajstić information content (AvgIpc) is 2.66. The molecule has 0 atom stereocenters. The van der Waals surface area contributed by atoms with Gasteiger partial charge in [0.15, 0.2) is 0 Å². The minimum absolute atomic E-state index is 0.0149. The number of hydrogen-bond donors (Lipinski definition) is 1. The van der Waals surface area contributed by atoms with Crippen LogP contribution in [-0.4, -0.2) is 18.4 Å². The SMILES string of the molecule is CCC(=O)N1CCCc2cc(NC(=O)CCc3ccccc3)ccc21. The van der Waals surface area contributed by atoms with E-state index in [1.54, 1.807) is 0 Å². The van der Waals surface area contributed by atoms with Crippen LogP contribution < -0.4 is 10.2 Å². The van der Waals surface area contributed by atoms with Crippen LogP contribution in [0.4, 0.5) is 11.4 Å². The van der Waals surface area contributed by atoms with E-state index in [9.17, 15) is 9.59 Å². The van der Waals surface area contributed by atoms with E-state index in [-0.39, 0.29) is 11.8 Å². The first-order chi connectivity index (χ1) is 12.2. The van der Waals surface area contributed by atoms with Crippen LogP contribution in [0.3, 0.4) is 0 Å². The summed E-state index contributed by atoms with van der Waals surface area (Å²) in [6.45, 7) is 2.67. The smallest absolute Gasteiger partial charge is 0.226 e. The van der Waals surface area contributed by atoms with E-state index in [0.717, 1.165) is 48.3 Å². The minimum atomic E-state index is 0.0149. The van der Waals surface area contributed by atoms with Gasteiger partial charge in [-0.3, -0.25) is 9.59 Å². The molecule has 2 aromatic carbocycles. The highest BCUT2D eigenvalue weighted by Crippen LogP contribution is 2.30.